The quantitative estimate of drug-likeness (QED) is 0.264. The molecule has 0 saturated heterocycles. The largest absolute Gasteiger partial charge is 0.309 e. The Morgan fingerprint density at radius 1 is 0.417 bits per heavy atom. The number of hydrogen-bond acceptors (Lipinski definition) is 2. The van der Waals surface area contributed by atoms with E-state index in [-0.39, 0.29) is 0 Å². The summed E-state index contributed by atoms with van der Waals surface area (Å²) in [5, 5.41) is 5.05. The van der Waals surface area contributed by atoms with Gasteiger partial charge in [-0.25, -0.2) is 0 Å². The number of hydrogen-bond donors (Lipinski definition) is 0. The van der Waals surface area contributed by atoms with Gasteiger partial charge in [0.05, 0.1) is 33.1 Å². The summed E-state index contributed by atoms with van der Waals surface area (Å²) >= 11 is 0. The van der Waals surface area contributed by atoms with Gasteiger partial charge in [-0.3, -0.25) is 9.97 Å². The Balaban J connectivity index is 1.57. The van der Waals surface area contributed by atoms with Crippen molar-refractivity contribution in [1.29, 1.82) is 0 Å². The lowest BCUT2D eigenvalue weighted by Crippen LogP contribution is -1.95. The van der Waals surface area contributed by atoms with Gasteiger partial charge in [0.25, 0.3) is 0 Å². The number of para-hydroxylation sites is 3. The molecule has 4 heteroatoms. The molecule has 4 nitrogen and oxygen atoms in total. The summed E-state index contributed by atoms with van der Waals surface area (Å²) in [5.41, 5.74) is 8.83. The Morgan fingerprint density at radius 3 is 1.64 bits per heavy atom. The summed E-state index contributed by atoms with van der Waals surface area (Å²) in [5.74, 6) is 0. The van der Waals surface area contributed by atoms with Crippen LogP contribution in [0.2, 0.25) is 0 Å². The molecule has 36 heavy (non-hydrogen) atoms. The van der Waals surface area contributed by atoms with E-state index in [1.807, 2.05) is 0 Å². The van der Waals surface area contributed by atoms with E-state index in [2.05, 4.69) is 128 Å². The van der Waals surface area contributed by atoms with Gasteiger partial charge in [-0.15, -0.1) is 0 Å². The first-order valence-corrected chi connectivity index (χ1v) is 12.1. The molecule has 0 fully saturated rings. The van der Waals surface area contributed by atoms with E-state index in [1.54, 1.807) is 12.4 Å². The third-order valence-corrected chi connectivity index (χ3v) is 7.20. The maximum atomic E-state index is 4.56. The SMILES string of the molecule is c1ccc(-n2c3ccccc3c3c4c5ccccc5n(-c5ccc6nccnc6c5)c4ccc32)cc1. The fourth-order valence-electron chi connectivity index (χ4n) is 5.74. The Kier molecular flexibility index (Phi) is 3.91. The first-order chi connectivity index (χ1) is 17.9. The highest BCUT2D eigenvalue weighted by Crippen LogP contribution is 2.42. The highest BCUT2D eigenvalue weighted by atomic mass is 15.0. The third-order valence-electron chi connectivity index (χ3n) is 7.20. The van der Waals surface area contributed by atoms with Crippen molar-refractivity contribution in [1.82, 2.24) is 19.1 Å². The molecule has 8 rings (SSSR count). The second-order valence-electron chi connectivity index (χ2n) is 9.12. The van der Waals surface area contributed by atoms with E-state index in [9.17, 15) is 0 Å². The van der Waals surface area contributed by atoms with Crippen molar-refractivity contribution < 1.29 is 0 Å². The van der Waals surface area contributed by atoms with Crippen LogP contribution >= 0.6 is 0 Å². The van der Waals surface area contributed by atoms with Crippen LogP contribution in [0.15, 0.2) is 122 Å². The van der Waals surface area contributed by atoms with Gasteiger partial charge >= 0.3 is 0 Å². The molecule has 8 aromatic rings. The van der Waals surface area contributed by atoms with Crippen molar-refractivity contribution >= 4 is 54.6 Å². The fourth-order valence-corrected chi connectivity index (χ4v) is 5.74. The smallest absolute Gasteiger partial charge is 0.0907 e. The Bertz CT molecular complexity index is 2100. The summed E-state index contributed by atoms with van der Waals surface area (Å²) in [6, 6.07) is 38.9. The van der Waals surface area contributed by atoms with Gasteiger partial charge < -0.3 is 9.13 Å². The van der Waals surface area contributed by atoms with Crippen molar-refractivity contribution in [2.45, 2.75) is 0 Å². The lowest BCUT2D eigenvalue weighted by atomic mass is 10.1. The van der Waals surface area contributed by atoms with E-state index in [4.69, 9.17) is 0 Å². The van der Waals surface area contributed by atoms with Gasteiger partial charge in [-0.1, -0.05) is 54.6 Å². The predicted molar refractivity (Wildman–Crippen MR) is 148 cm³/mol. The summed E-state index contributed by atoms with van der Waals surface area (Å²) < 4.78 is 4.73. The number of aromatic nitrogens is 4. The zero-order chi connectivity index (χ0) is 23.6. The highest BCUT2D eigenvalue weighted by Gasteiger charge is 2.20. The van der Waals surface area contributed by atoms with E-state index >= 15 is 0 Å². The monoisotopic (exact) mass is 460 g/mol. The van der Waals surface area contributed by atoms with Crippen molar-refractivity contribution in [3.63, 3.8) is 0 Å². The molecule has 0 bridgehead atoms. The fraction of sp³-hybridized carbons (Fsp3) is 0. The van der Waals surface area contributed by atoms with Gasteiger partial charge in [0.2, 0.25) is 0 Å². The molecule has 3 heterocycles. The third kappa shape index (κ3) is 2.58. The Morgan fingerprint density at radius 2 is 0.972 bits per heavy atom. The van der Waals surface area contributed by atoms with E-state index in [0.29, 0.717) is 0 Å². The molecule has 0 aliphatic rings. The summed E-state index contributed by atoms with van der Waals surface area (Å²) in [4.78, 5) is 9.02. The van der Waals surface area contributed by atoms with Crippen LogP contribution in [0.1, 0.15) is 0 Å². The van der Waals surface area contributed by atoms with Crippen LogP contribution in [0.5, 0.6) is 0 Å². The van der Waals surface area contributed by atoms with Gasteiger partial charge in [-0.05, 0) is 54.6 Å². The van der Waals surface area contributed by atoms with Crippen molar-refractivity contribution in [3.8, 4) is 11.4 Å². The van der Waals surface area contributed by atoms with Crippen LogP contribution in [0.25, 0.3) is 66.0 Å². The van der Waals surface area contributed by atoms with Crippen LogP contribution in [0, 0.1) is 0 Å². The highest BCUT2D eigenvalue weighted by molar-refractivity contribution is 6.28. The van der Waals surface area contributed by atoms with E-state index in [1.165, 1.54) is 49.3 Å². The minimum absolute atomic E-state index is 0.891. The molecule has 0 atom stereocenters. The lowest BCUT2D eigenvalue weighted by Gasteiger charge is -2.09. The van der Waals surface area contributed by atoms with E-state index in [0.717, 1.165) is 16.7 Å². The Hall–Kier alpha value is -4.96. The molecule has 0 aliphatic heterocycles. The van der Waals surface area contributed by atoms with Crippen LogP contribution in [-0.2, 0) is 0 Å². The minimum atomic E-state index is 0.891. The topological polar surface area (TPSA) is 35.6 Å². The van der Waals surface area contributed by atoms with Crippen LogP contribution < -0.4 is 0 Å². The predicted octanol–water partition coefficient (Wildman–Crippen LogP) is 7.82. The van der Waals surface area contributed by atoms with Crippen molar-refractivity contribution in [2.75, 3.05) is 0 Å². The molecular weight excluding hydrogens is 440 g/mol. The summed E-state index contributed by atoms with van der Waals surface area (Å²) in [6.07, 6.45) is 3.49. The molecule has 0 saturated carbocycles. The molecule has 0 aliphatic carbocycles. The van der Waals surface area contributed by atoms with E-state index < -0.39 is 0 Å². The minimum Gasteiger partial charge on any atom is -0.309 e. The summed E-state index contributed by atoms with van der Waals surface area (Å²) in [6.45, 7) is 0. The maximum Gasteiger partial charge on any atom is 0.0907 e. The maximum absolute atomic E-state index is 4.56. The Labute approximate surface area is 206 Å². The van der Waals surface area contributed by atoms with Crippen molar-refractivity contribution in [3.05, 3.63) is 122 Å². The van der Waals surface area contributed by atoms with Crippen LogP contribution in [-0.4, -0.2) is 19.1 Å². The molecule has 0 spiro atoms. The zero-order valence-corrected chi connectivity index (χ0v) is 19.3. The molecule has 168 valence electrons. The average molecular weight is 461 g/mol. The van der Waals surface area contributed by atoms with Gasteiger partial charge in [0.1, 0.15) is 0 Å². The number of nitrogens with zero attached hydrogens (tertiary/aromatic N) is 4. The molecule has 3 aromatic heterocycles. The standard InChI is InChI=1S/C32H20N4/c1-2-8-21(9-3-1)35-27-12-6-4-10-23(27)31-29(35)16-17-30-32(31)24-11-5-7-13-28(24)36(30)22-14-15-25-26(20-22)34-19-18-33-25/h1-20H. The van der Waals surface area contributed by atoms with Crippen LogP contribution in [0.4, 0.5) is 0 Å². The van der Waals surface area contributed by atoms with Gasteiger partial charge in [-0.2, -0.15) is 0 Å². The van der Waals surface area contributed by atoms with Crippen molar-refractivity contribution in [2.24, 2.45) is 0 Å². The molecule has 0 N–H and O–H groups in total. The average Bonchev–Trinajstić information content (AvgIpc) is 3.46. The normalized spacial score (nSPS) is 11.9. The lowest BCUT2D eigenvalue weighted by molar-refractivity contribution is 1.17. The van der Waals surface area contributed by atoms with Gasteiger partial charge in [0, 0.05) is 45.3 Å². The molecule has 0 unspecified atom stereocenters. The molecule has 0 amide bonds. The molecule has 5 aromatic carbocycles. The number of benzene rings is 5. The number of rotatable bonds is 2. The first-order valence-electron chi connectivity index (χ1n) is 12.1. The zero-order valence-electron chi connectivity index (χ0n) is 19.3. The first kappa shape index (κ1) is 19.4. The molecular formula is C32H20N4. The molecule has 0 radical (unpaired) electrons. The number of fused-ring (bicyclic) bond motifs is 8. The summed E-state index contributed by atoms with van der Waals surface area (Å²) in [7, 11) is 0. The second-order valence-corrected chi connectivity index (χ2v) is 9.12. The van der Waals surface area contributed by atoms with Gasteiger partial charge in [0.15, 0.2) is 0 Å². The second kappa shape index (κ2) is 7.27. The van der Waals surface area contributed by atoms with Crippen LogP contribution in [0.3, 0.4) is 0 Å².